The summed E-state index contributed by atoms with van der Waals surface area (Å²) >= 11 is 3.41. The van der Waals surface area contributed by atoms with Crippen LogP contribution >= 0.6 is 15.9 Å². The van der Waals surface area contributed by atoms with E-state index in [-0.39, 0.29) is 0 Å². The van der Waals surface area contributed by atoms with Crippen LogP contribution in [0.2, 0.25) is 0 Å². The van der Waals surface area contributed by atoms with Crippen LogP contribution < -0.4 is 16.4 Å². The summed E-state index contributed by atoms with van der Waals surface area (Å²) in [5.41, 5.74) is 16.2. The Morgan fingerprint density at radius 1 is 1.19 bits per heavy atom. The van der Waals surface area contributed by atoms with Gasteiger partial charge in [-0.25, -0.2) is 0 Å². The van der Waals surface area contributed by atoms with Crippen LogP contribution in [-0.2, 0) is 13.0 Å². The zero-order chi connectivity index (χ0) is 15.0. The number of anilines is 2. The first kappa shape index (κ1) is 13.9. The van der Waals surface area contributed by atoms with Gasteiger partial charge in [0.05, 0.1) is 11.3 Å². The molecular formula is C16H16BrN3O. The third-order valence-corrected chi connectivity index (χ3v) is 4.55. The Morgan fingerprint density at radius 3 is 2.71 bits per heavy atom. The van der Waals surface area contributed by atoms with Crippen molar-refractivity contribution in [3.8, 4) is 0 Å². The van der Waals surface area contributed by atoms with E-state index in [2.05, 4.69) is 26.9 Å². The van der Waals surface area contributed by atoms with E-state index in [1.54, 1.807) is 0 Å². The van der Waals surface area contributed by atoms with Crippen LogP contribution in [0.5, 0.6) is 0 Å². The van der Waals surface area contributed by atoms with E-state index in [0.717, 1.165) is 34.4 Å². The summed E-state index contributed by atoms with van der Waals surface area (Å²) in [5, 5.41) is 0. The summed E-state index contributed by atoms with van der Waals surface area (Å²) in [6, 6.07) is 11.7. The summed E-state index contributed by atoms with van der Waals surface area (Å²) in [7, 11) is 0. The van der Waals surface area contributed by atoms with Crippen molar-refractivity contribution in [3.05, 3.63) is 57.6 Å². The number of carbonyl (C=O) groups is 1. The van der Waals surface area contributed by atoms with Crippen LogP contribution in [0, 0.1) is 0 Å². The Morgan fingerprint density at radius 2 is 1.95 bits per heavy atom. The molecule has 21 heavy (non-hydrogen) atoms. The molecule has 1 heterocycles. The third kappa shape index (κ3) is 2.49. The van der Waals surface area contributed by atoms with E-state index < -0.39 is 5.91 Å². The fourth-order valence-electron chi connectivity index (χ4n) is 2.83. The Labute approximate surface area is 131 Å². The van der Waals surface area contributed by atoms with E-state index in [4.69, 9.17) is 11.5 Å². The van der Waals surface area contributed by atoms with Crippen LogP contribution in [0.4, 0.5) is 11.4 Å². The first-order chi connectivity index (χ1) is 10.1. The molecule has 1 aliphatic rings. The number of carbonyl (C=O) groups excluding carboxylic acids is 1. The number of nitrogen functional groups attached to an aromatic ring is 1. The maximum Gasteiger partial charge on any atom is 0.251 e. The lowest BCUT2D eigenvalue weighted by Gasteiger charge is -2.32. The fourth-order valence-corrected chi connectivity index (χ4v) is 3.38. The van der Waals surface area contributed by atoms with Crippen molar-refractivity contribution in [2.45, 2.75) is 13.0 Å². The molecule has 1 amide bonds. The zero-order valence-corrected chi connectivity index (χ0v) is 13.1. The number of nitrogens with zero attached hydrogens (tertiary/aromatic N) is 1. The van der Waals surface area contributed by atoms with Gasteiger partial charge in [-0.2, -0.15) is 0 Å². The molecule has 0 saturated heterocycles. The molecule has 0 spiro atoms. The first-order valence-corrected chi connectivity index (χ1v) is 7.56. The van der Waals surface area contributed by atoms with Gasteiger partial charge >= 0.3 is 0 Å². The second kappa shape index (κ2) is 5.41. The number of hydrogen-bond donors (Lipinski definition) is 2. The Bertz CT molecular complexity index is 715. The monoisotopic (exact) mass is 345 g/mol. The molecule has 4 N–H and O–H groups in total. The summed E-state index contributed by atoms with van der Waals surface area (Å²) in [5.74, 6) is -0.427. The molecule has 0 bridgehead atoms. The predicted molar refractivity (Wildman–Crippen MR) is 88.3 cm³/mol. The lowest BCUT2D eigenvalue weighted by atomic mass is 9.97. The van der Waals surface area contributed by atoms with Crippen LogP contribution in [0.3, 0.4) is 0 Å². The second-order valence-electron chi connectivity index (χ2n) is 5.15. The Balaban J connectivity index is 2.03. The van der Waals surface area contributed by atoms with E-state index >= 15 is 0 Å². The minimum atomic E-state index is -0.427. The highest BCUT2D eigenvalue weighted by atomic mass is 79.9. The van der Waals surface area contributed by atoms with Gasteiger partial charge in [-0.3, -0.25) is 4.79 Å². The molecule has 0 unspecified atom stereocenters. The smallest absolute Gasteiger partial charge is 0.251 e. The third-order valence-electron chi connectivity index (χ3n) is 3.89. The standard InChI is InChI=1S/C16H16BrN3O/c17-12-4-2-6-14(15(12)16(19)21)20-8-7-10-3-1-5-13(18)11(10)9-20/h1-6H,7-9,18H2,(H2,19,21). The van der Waals surface area contributed by atoms with Gasteiger partial charge in [0.25, 0.3) is 5.91 Å². The van der Waals surface area contributed by atoms with Crippen molar-refractivity contribution in [1.29, 1.82) is 0 Å². The summed E-state index contributed by atoms with van der Waals surface area (Å²) in [6.07, 6.45) is 0.908. The van der Waals surface area contributed by atoms with Crippen molar-refractivity contribution >= 4 is 33.2 Å². The molecule has 5 heteroatoms. The van der Waals surface area contributed by atoms with E-state index in [0.29, 0.717) is 12.1 Å². The number of hydrogen-bond acceptors (Lipinski definition) is 3. The van der Waals surface area contributed by atoms with Gasteiger partial charge in [0.1, 0.15) is 0 Å². The molecule has 2 aromatic carbocycles. The molecular weight excluding hydrogens is 330 g/mol. The largest absolute Gasteiger partial charge is 0.398 e. The molecule has 0 radical (unpaired) electrons. The molecule has 108 valence electrons. The van der Waals surface area contributed by atoms with Crippen molar-refractivity contribution in [2.75, 3.05) is 17.2 Å². The fraction of sp³-hybridized carbons (Fsp3) is 0.188. The van der Waals surface area contributed by atoms with Gasteiger partial charge in [-0.1, -0.05) is 18.2 Å². The van der Waals surface area contributed by atoms with Crippen LogP contribution in [0.25, 0.3) is 0 Å². The van der Waals surface area contributed by atoms with Crippen molar-refractivity contribution in [3.63, 3.8) is 0 Å². The van der Waals surface area contributed by atoms with E-state index in [1.807, 2.05) is 30.3 Å². The molecule has 0 saturated carbocycles. The highest BCUT2D eigenvalue weighted by molar-refractivity contribution is 9.10. The second-order valence-corrected chi connectivity index (χ2v) is 6.01. The summed E-state index contributed by atoms with van der Waals surface area (Å²) in [4.78, 5) is 13.9. The SMILES string of the molecule is NC(=O)c1c(Br)cccc1N1CCc2cccc(N)c2C1. The molecule has 0 fully saturated rings. The lowest BCUT2D eigenvalue weighted by Crippen LogP contribution is -2.32. The van der Waals surface area contributed by atoms with Gasteiger partial charge in [-0.15, -0.1) is 0 Å². The average Bonchev–Trinajstić information content (AvgIpc) is 2.46. The molecule has 3 rings (SSSR count). The lowest BCUT2D eigenvalue weighted by molar-refractivity contribution is 0.1000. The maximum absolute atomic E-state index is 11.7. The van der Waals surface area contributed by atoms with Crippen LogP contribution in [-0.4, -0.2) is 12.5 Å². The molecule has 0 aliphatic carbocycles. The van der Waals surface area contributed by atoms with Gasteiger partial charge < -0.3 is 16.4 Å². The number of nitrogens with two attached hydrogens (primary N) is 2. The number of benzene rings is 2. The van der Waals surface area contributed by atoms with Crippen LogP contribution in [0.1, 0.15) is 21.5 Å². The highest BCUT2D eigenvalue weighted by Crippen LogP contribution is 2.32. The number of halogens is 1. The van der Waals surface area contributed by atoms with Crippen molar-refractivity contribution in [2.24, 2.45) is 5.73 Å². The Kier molecular flexibility index (Phi) is 3.59. The first-order valence-electron chi connectivity index (χ1n) is 6.77. The topological polar surface area (TPSA) is 72.4 Å². The number of amides is 1. The molecule has 1 aliphatic heterocycles. The molecule has 0 aromatic heterocycles. The van der Waals surface area contributed by atoms with Gasteiger partial charge in [0, 0.05) is 23.2 Å². The van der Waals surface area contributed by atoms with E-state index in [1.165, 1.54) is 5.56 Å². The van der Waals surface area contributed by atoms with Crippen LogP contribution in [0.15, 0.2) is 40.9 Å². The number of fused-ring (bicyclic) bond motifs is 1. The molecule has 0 atom stereocenters. The predicted octanol–water partition coefficient (Wildman–Crippen LogP) is 2.69. The molecule has 4 nitrogen and oxygen atoms in total. The maximum atomic E-state index is 11.7. The number of primary amides is 1. The Hall–Kier alpha value is -2.01. The quantitative estimate of drug-likeness (QED) is 0.822. The van der Waals surface area contributed by atoms with Crippen molar-refractivity contribution in [1.82, 2.24) is 0 Å². The highest BCUT2D eigenvalue weighted by Gasteiger charge is 2.22. The van der Waals surface area contributed by atoms with Crippen molar-refractivity contribution < 1.29 is 4.79 Å². The zero-order valence-electron chi connectivity index (χ0n) is 11.5. The summed E-state index contributed by atoms with van der Waals surface area (Å²) < 4.78 is 0.722. The van der Waals surface area contributed by atoms with Gasteiger partial charge in [0.2, 0.25) is 0 Å². The average molecular weight is 346 g/mol. The minimum absolute atomic E-state index is 0.427. The van der Waals surface area contributed by atoms with E-state index in [9.17, 15) is 4.79 Å². The molecule has 2 aromatic rings. The van der Waals surface area contributed by atoms with Gasteiger partial charge in [-0.05, 0) is 51.7 Å². The summed E-state index contributed by atoms with van der Waals surface area (Å²) in [6.45, 7) is 1.53. The normalized spacial score (nSPS) is 13.9. The minimum Gasteiger partial charge on any atom is -0.398 e. The van der Waals surface area contributed by atoms with Gasteiger partial charge in [0.15, 0.2) is 0 Å². The number of rotatable bonds is 2.